The molecule has 12 heavy (non-hydrogen) atoms. The van der Waals surface area contributed by atoms with Gasteiger partial charge in [-0.2, -0.15) is 0 Å². The number of aliphatic hydroxyl groups is 1. The van der Waals surface area contributed by atoms with Crippen LogP contribution in [0.2, 0.25) is 0 Å². The van der Waals surface area contributed by atoms with E-state index in [4.69, 9.17) is 0 Å². The molecule has 0 aliphatic heterocycles. The highest BCUT2D eigenvalue weighted by Crippen LogP contribution is 2.07. The summed E-state index contributed by atoms with van der Waals surface area (Å²) >= 11 is 0. The summed E-state index contributed by atoms with van der Waals surface area (Å²) in [5, 5.41) is 17.1. The summed E-state index contributed by atoms with van der Waals surface area (Å²) in [5.74, 6) is 0.601. The molecule has 1 unspecified atom stereocenters. The maximum atomic E-state index is 9.60. The highest BCUT2D eigenvalue weighted by Gasteiger charge is 2.13. The van der Waals surface area contributed by atoms with Gasteiger partial charge in [-0.3, -0.25) is 0 Å². The molecule has 0 bridgehead atoms. The van der Waals surface area contributed by atoms with Gasteiger partial charge in [0.15, 0.2) is 5.82 Å². The zero-order valence-corrected chi connectivity index (χ0v) is 7.60. The quantitative estimate of drug-likeness (QED) is 0.658. The molecule has 1 aromatic rings. The molecule has 0 amide bonds. The topological polar surface area (TPSA) is 54.2 Å². The van der Waals surface area contributed by atoms with Gasteiger partial charge in [0.2, 0.25) is 0 Å². The zero-order chi connectivity index (χ0) is 9.14. The number of aromatic nitrogens is 3. The molecular formula is C7H14N4O. The van der Waals surface area contributed by atoms with Crippen LogP contribution >= 0.6 is 0 Å². The molecule has 0 spiro atoms. The molecule has 0 saturated heterocycles. The minimum atomic E-state index is -0.563. The number of hydrogen-bond donors (Lipinski definition) is 1. The number of nitrogens with zero attached hydrogens (tertiary/aromatic N) is 4. The standard InChI is InChI=1S/C7H14N4O/c1-10(2)4-6(12)7-9-8-5-11(7)3/h5-6,12H,4H2,1-3H3. The molecule has 0 aliphatic rings. The van der Waals surface area contributed by atoms with Gasteiger partial charge in [-0.15, -0.1) is 10.2 Å². The molecule has 0 aliphatic carbocycles. The first-order valence-electron chi connectivity index (χ1n) is 3.78. The highest BCUT2D eigenvalue weighted by atomic mass is 16.3. The maximum Gasteiger partial charge on any atom is 0.162 e. The van der Waals surface area contributed by atoms with Crippen LogP contribution in [0, 0.1) is 0 Å². The van der Waals surface area contributed by atoms with E-state index < -0.39 is 6.10 Å². The second-order valence-electron chi connectivity index (χ2n) is 3.08. The summed E-state index contributed by atoms with van der Waals surface area (Å²) in [6, 6.07) is 0. The van der Waals surface area contributed by atoms with Crippen LogP contribution in [0.15, 0.2) is 6.33 Å². The lowest BCUT2D eigenvalue weighted by Gasteiger charge is -2.14. The second kappa shape index (κ2) is 3.64. The van der Waals surface area contributed by atoms with Crippen molar-refractivity contribution < 1.29 is 5.11 Å². The van der Waals surface area contributed by atoms with Gasteiger partial charge in [-0.05, 0) is 14.1 Å². The van der Waals surface area contributed by atoms with Crippen LogP contribution in [-0.4, -0.2) is 45.4 Å². The van der Waals surface area contributed by atoms with Crippen molar-refractivity contribution in [1.29, 1.82) is 0 Å². The summed E-state index contributed by atoms with van der Waals surface area (Å²) in [4.78, 5) is 1.90. The van der Waals surface area contributed by atoms with E-state index in [1.165, 1.54) is 0 Å². The molecule has 1 atom stereocenters. The van der Waals surface area contributed by atoms with E-state index in [2.05, 4.69) is 10.2 Å². The van der Waals surface area contributed by atoms with Crippen molar-refractivity contribution in [3.63, 3.8) is 0 Å². The van der Waals surface area contributed by atoms with Crippen LogP contribution in [0.25, 0.3) is 0 Å². The van der Waals surface area contributed by atoms with Crippen LogP contribution < -0.4 is 0 Å². The second-order valence-corrected chi connectivity index (χ2v) is 3.08. The number of likely N-dealkylation sites (N-methyl/N-ethyl adjacent to an activating group) is 1. The average Bonchev–Trinajstić information content (AvgIpc) is 2.33. The van der Waals surface area contributed by atoms with Crippen LogP contribution in [0.3, 0.4) is 0 Å². The van der Waals surface area contributed by atoms with Gasteiger partial charge in [-0.25, -0.2) is 0 Å². The Kier molecular flexibility index (Phi) is 2.78. The van der Waals surface area contributed by atoms with Crippen molar-refractivity contribution in [1.82, 2.24) is 19.7 Å². The van der Waals surface area contributed by atoms with Crippen LogP contribution in [0.4, 0.5) is 0 Å². The van der Waals surface area contributed by atoms with E-state index in [-0.39, 0.29) is 0 Å². The Morgan fingerprint density at radius 1 is 1.67 bits per heavy atom. The van der Waals surface area contributed by atoms with Gasteiger partial charge in [0.05, 0.1) is 0 Å². The molecule has 5 nitrogen and oxygen atoms in total. The van der Waals surface area contributed by atoms with Crippen molar-refractivity contribution in [3.8, 4) is 0 Å². The molecular weight excluding hydrogens is 156 g/mol. The Morgan fingerprint density at radius 3 is 2.75 bits per heavy atom. The molecule has 68 valence electrons. The third kappa shape index (κ3) is 2.02. The SMILES string of the molecule is CN(C)CC(O)c1nncn1C. The van der Waals surface area contributed by atoms with E-state index in [1.54, 1.807) is 10.9 Å². The molecule has 1 heterocycles. The van der Waals surface area contributed by atoms with Gasteiger partial charge in [0.25, 0.3) is 0 Å². The third-order valence-electron chi connectivity index (χ3n) is 1.58. The first kappa shape index (κ1) is 9.15. The molecule has 1 rings (SSSR count). The summed E-state index contributed by atoms with van der Waals surface area (Å²) < 4.78 is 1.72. The number of aryl methyl sites for hydroxylation is 1. The predicted molar refractivity (Wildman–Crippen MR) is 44.5 cm³/mol. The first-order chi connectivity index (χ1) is 5.61. The molecule has 0 aromatic carbocycles. The molecule has 1 N–H and O–H groups in total. The lowest BCUT2D eigenvalue weighted by Crippen LogP contribution is -2.22. The van der Waals surface area contributed by atoms with E-state index in [1.807, 2.05) is 26.0 Å². The monoisotopic (exact) mass is 170 g/mol. The minimum Gasteiger partial charge on any atom is -0.384 e. The van der Waals surface area contributed by atoms with E-state index in [0.29, 0.717) is 12.4 Å². The Hall–Kier alpha value is -0.940. The average molecular weight is 170 g/mol. The smallest absolute Gasteiger partial charge is 0.162 e. The molecule has 1 aromatic heterocycles. The van der Waals surface area contributed by atoms with Crippen molar-refractivity contribution >= 4 is 0 Å². The maximum absolute atomic E-state index is 9.60. The third-order valence-corrected chi connectivity index (χ3v) is 1.58. The number of hydrogen-bond acceptors (Lipinski definition) is 4. The van der Waals surface area contributed by atoms with Crippen LogP contribution in [0.1, 0.15) is 11.9 Å². The summed E-state index contributed by atoms with van der Waals surface area (Å²) in [6.07, 6.45) is 1.02. The Morgan fingerprint density at radius 2 is 2.33 bits per heavy atom. The highest BCUT2D eigenvalue weighted by molar-refractivity contribution is 4.90. The summed E-state index contributed by atoms with van der Waals surface area (Å²) in [5.41, 5.74) is 0. The molecule has 0 fully saturated rings. The lowest BCUT2D eigenvalue weighted by atomic mass is 10.3. The Labute approximate surface area is 71.6 Å². The summed E-state index contributed by atoms with van der Waals surface area (Å²) in [6.45, 7) is 0.562. The van der Waals surface area contributed by atoms with E-state index >= 15 is 0 Å². The van der Waals surface area contributed by atoms with Crippen molar-refractivity contribution in [2.24, 2.45) is 7.05 Å². The Balaban J connectivity index is 2.65. The van der Waals surface area contributed by atoms with Crippen molar-refractivity contribution in [2.45, 2.75) is 6.10 Å². The Bertz CT molecular complexity index is 245. The van der Waals surface area contributed by atoms with Gasteiger partial charge in [0, 0.05) is 13.6 Å². The van der Waals surface area contributed by atoms with Gasteiger partial charge >= 0.3 is 0 Å². The van der Waals surface area contributed by atoms with E-state index in [9.17, 15) is 5.11 Å². The van der Waals surface area contributed by atoms with Gasteiger partial charge in [0.1, 0.15) is 12.4 Å². The van der Waals surface area contributed by atoms with Gasteiger partial charge in [-0.1, -0.05) is 0 Å². The largest absolute Gasteiger partial charge is 0.384 e. The molecule has 0 saturated carbocycles. The lowest BCUT2D eigenvalue weighted by molar-refractivity contribution is 0.127. The first-order valence-corrected chi connectivity index (χ1v) is 3.78. The van der Waals surface area contributed by atoms with Crippen molar-refractivity contribution in [3.05, 3.63) is 12.2 Å². The number of rotatable bonds is 3. The van der Waals surface area contributed by atoms with Crippen LogP contribution in [0.5, 0.6) is 0 Å². The minimum absolute atomic E-state index is 0.562. The molecule has 0 radical (unpaired) electrons. The fourth-order valence-electron chi connectivity index (χ4n) is 1.02. The fourth-order valence-corrected chi connectivity index (χ4v) is 1.02. The van der Waals surface area contributed by atoms with Gasteiger partial charge < -0.3 is 14.6 Å². The fraction of sp³-hybridized carbons (Fsp3) is 0.714. The van der Waals surface area contributed by atoms with E-state index in [0.717, 1.165) is 0 Å². The van der Waals surface area contributed by atoms with Crippen LogP contribution in [-0.2, 0) is 7.05 Å². The van der Waals surface area contributed by atoms with Crippen molar-refractivity contribution in [2.75, 3.05) is 20.6 Å². The summed E-state index contributed by atoms with van der Waals surface area (Å²) in [7, 11) is 5.62. The normalized spacial score (nSPS) is 13.8. The predicted octanol–water partition coefficient (Wildman–Crippen LogP) is -0.590. The zero-order valence-electron chi connectivity index (χ0n) is 7.60. The number of aliphatic hydroxyl groups excluding tert-OH is 1. The molecule has 5 heteroatoms.